The van der Waals surface area contributed by atoms with E-state index in [0.29, 0.717) is 0 Å². The van der Waals surface area contributed by atoms with Gasteiger partial charge in [-0.05, 0) is 25.3 Å². The summed E-state index contributed by atoms with van der Waals surface area (Å²) in [6, 6.07) is 0. The molecule has 0 N–H and O–H groups in total. The first-order valence-corrected chi connectivity index (χ1v) is 7.24. The van der Waals surface area contributed by atoms with Crippen LogP contribution in [0.25, 0.3) is 0 Å². The number of rotatable bonds is 5. The molecule has 0 bridgehead atoms. The molecule has 0 saturated carbocycles. The summed E-state index contributed by atoms with van der Waals surface area (Å²) in [5, 5.41) is 9.49. The third kappa shape index (κ3) is 45.1. The molecule has 0 aliphatic carbocycles. The normalized spacial score (nSPS) is 10.1. The second kappa shape index (κ2) is 14.5. The molecule has 21 heavy (non-hydrogen) atoms. The average Bonchev–Trinajstić information content (AvgIpc) is 2.15. The molecule has 0 radical (unpaired) electrons. The number of quaternary nitrogens is 2. The zero-order valence-electron chi connectivity index (χ0n) is 15.6. The van der Waals surface area contributed by atoms with Gasteiger partial charge >= 0.3 is 0 Å². The smallest absolute Gasteiger partial charge is 0.0777 e. The van der Waals surface area contributed by atoms with Crippen LogP contribution in [0.4, 0.5) is 0 Å². The summed E-state index contributed by atoms with van der Waals surface area (Å²) in [5.74, 6) is -1.19. The Bertz CT molecular complexity index is 238. The topological polar surface area (TPSA) is 40.1 Å². The van der Waals surface area contributed by atoms with Crippen LogP contribution in [0.15, 0.2) is 12.2 Å². The van der Waals surface area contributed by atoms with Gasteiger partial charge < -0.3 is 35.8 Å². The van der Waals surface area contributed by atoms with Gasteiger partial charge in [-0.3, -0.25) is 0 Å². The molecule has 130 valence electrons. The second-order valence-corrected chi connectivity index (χ2v) is 7.10. The lowest BCUT2D eigenvalue weighted by molar-refractivity contribution is -0.870. The molecule has 0 rings (SSSR count). The quantitative estimate of drug-likeness (QED) is 0.438. The number of carbonyl (C=O) groups excluding carboxylic acids is 1. The maximum Gasteiger partial charge on any atom is 0.0777 e. The molecule has 0 aliphatic heterocycles. The van der Waals surface area contributed by atoms with Crippen molar-refractivity contribution in [1.29, 1.82) is 0 Å². The Morgan fingerprint density at radius 1 is 0.905 bits per heavy atom. The maximum absolute atomic E-state index is 9.49. The van der Waals surface area contributed by atoms with Gasteiger partial charge in [0.05, 0.1) is 61.3 Å². The first-order chi connectivity index (χ1) is 8.76. The van der Waals surface area contributed by atoms with E-state index >= 15 is 0 Å². The van der Waals surface area contributed by atoms with Gasteiger partial charge in [0.1, 0.15) is 0 Å². The lowest BCUT2D eigenvalue weighted by Gasteiger charge is -2.22. The number of halogens is 1. The van der Waals surface area contributed by atoms with Crippen molar-refractivity contribution in [3.8, 4) is 0 Å². The summed E-state index contributed by atoms with van der Waals surface area (Å²) >= 11 is 0. The van der Waals surface area contributed by atoms with Gasteiger partial charge in [-0.15, -0.1) is 0 Å². The minimum Gasteiger partial charge on any atom is -1.00 e. The van der Waals surface area contributed by atoms with E-state index in [0.717, 1.165) is 8.97 Å². The Labute approximate surface area is 143 Å². The molecule has 0 spiro atoms. The summed E-state index contributed by atoms with van der Waals surface area (Å²) in [6.45, 7) is 11.5. The Morgan fingerprint density at radius 2 is 1.10 bits per heavy atom. The zero-order valence-corrected chi connectivity index (χ0v) is 17.2. The first kappa shape index (κ1) is 28.7. The van der Waals surface area contributed by atoms with Gasteiger partial charge in [-0.1, -0.05) is 20.4 Å². The molecule has 0 aromatic heterocycles. The fourth-order valence-corrected chi connectivity index (χ4v) is 1.34. The number of aliphatic carboxylic acids is 1. The highest BCUT2D eigenvalue weighted by molar-refractivity contribution is 5.82. The Kier molecular flexibility index (Phi) is 19.9. The molecule has 4 nitrogen and oxygen atoms in total. The summed E-state index contributed by atoms with van der Waals surface area (Å²) in [6.07, 6.45) is 2.56. The lowest BCUT2D eigenvalue weighted by atomic mass is 10.4. The van der Waals surface area contributed by atoms with Crippen LogP contribution in [-0.4, -0.2) is 70.3 Å². The minimum atomic E-state index is -1.19. The van der Waals surface area contributed by atoms with E-state index in [-0.39, 0.29) is 22.6 Å². The molecule has 0 aromatic carbocycles. The largest absolute Gasteiger partial charge is 1.00 e. The number of hydrogen-bond donors (Lipinski definition) is 0. The van der Waals surface area contributed by atoms with E-state index in [9.17, 15) is 9.90 Å². The molecule has 0 fully saturated rings. The Balaban J connectivity index is -0.000000101. The van der Waals surface area contributed by atoms with Gasteiger partial charge in [0.25, 0.3) is 0 Å². The predicted molar refractivity (Wildman–Crippen MR) is 86.2 cm³/mol. The number of hydrogen-bond acceptors (Lipinski definition) is 2. The monoisotopic (exact) mass is 368 g/mol. The SMILES string of the molecule is C=C(C)C(=O)[O-].CCC[N+](C)(C)C.CCC[N+](C)(C)C.[Br-]. The molecule has 0 saturated heterocycles. The van der Waals surface area contributed by atoms with Crippen LogP contribution < -0.4 is 22.1 Å². The van der Waals surface area contributed by atoms with Crippen molar-refractivity contribution in [3.05, 3.63) is 12.2 Å². The average molecular weight is 369 g/mol. The maximum atomic E-state index is 9.49. The van der Waals surface area contributed by atoms with Crippen molar-refractivity contribution in [2.45, 2.75) is 33.6 Å². The van der Waals surface area contributed by atoms with Crippen molar-refractivity contribution in [1.82, 2.24) is 0 Å². The van der Waals surface area contributed by atoms with Gasteiger partial charge in [0, 0.05) is 0 Å². The third-order valence-electron chi connectivity index (χ3n) is 2.14. The van der Waals surface area contributed by atoms with Crippen LogP contribution in [0, 0.1) is 0 Å². The van der Waals surface area contributed by atoms with E-state index < -0.39 is 5.97 Å². The van der Waals surface area contributed by atoms with E-state index in [2.05, 4.69) is 62.7 Å². The van der Waals surface area contributed by atoms with Crippen LogP contribution in [0.3, 0.4) is 0 Å². The molecule has 0 aromatic rings. The lowest BCUT2D eigenvalue weighted by Crippen LogP contribution is -3.00. The fraction of sp³-hybridized carbons (Fsp3) is 0.812. The van der Waals surface area contributed by atoms with Crippen molar-refractivity contribution >= 4 is 5.97 Å². The van der Waals surface area contributed by atoms with Crippen molar-refractivity contribution < 1.29 is 35.8 Å². The highest BCUT2D eigenvalue weighted by atomic mass is 79.9. The van der Waals surface area contributed by atoms with Crippen molar-refractivity contribution in [3.63, 3.8) is 0 Å². The molecular weight excluding hydrogens is 332 g/mol. The summed E-state index contributed by atoms with van der Waals surface area (Å²) < 4.78 is 2.19. The van der Waals surface area contributed by atoms with Crippen LogP contribution in [0.1, 0.15) is 33.6 Å². The van der Waals surface area contributed by atoms with E-state index in [4.69, 9.17) is 0 Å². The second-order valence-electron chi connectivity index (χ2n) is 7.10. The fourth-order valence-electron chi connectivity index (χ4n) is 1.34. The molecule has 0 aliphatic rings. The molecular formula is C16H37BrN2O2. The van der Waals surface area contributed by atoms with Crippen LogP contribution in [-0.2, 0) is 4.79 Å². The summed E-state index contributed by atoms with van der Waals surface area (Å²) in [7, 11) is 13.3. The third-order valence-corrected chi connectivity index (χ3v) is 2.14. The Hall–Kier alpha value is -0.390. The van der Waals surface area contributed by atoms with Crippen LogP contribution >= 0.6 is 0 Å². The van der Waals surface area contributed by atoms with Gasteiger partial charge in [-0.25, -0.2) is 0 Å². The summed E-state index contributed by atoms with van der Waals surface area (Å²) in [4.78, 5) is 9.49. The van der Waals surface area contributed by atoms with Crippen molar-refractivity contribution in [2.75, 3.05) is 55.4 Å². The minimum absolute atomic E-state index is 0. The standard InChI is InChI=1S/2C6H16N.C4H6O2.BrH/c2*1-5-6-7(2,3)4;1-3(2)4(5)6;/h2*5-6H2,1-4H3;1H2,2H3,(H,5,6);1H/q2*+1;;/p-2. The number of carboxylic acid groups (broad SMARTS) is 1. The Morgan fingerprint density at radius 3 is 1.10 bits per heavy atom. The van der Waals surface area contributed by atoms with Crippen molar-refractivity contribution in [2.24, 2.45) is 0 Å². The van der Waals surface area contributed by atoms with Gasteiger partial charge in [0.2, 0.25) is 0 Å². The zero-order chi connectivity index (χ0) is 17.0. The van der Waals surface area contributed by atoms with Gasteiger partial charge in [-0.2, -0.15) is 0 Å². The molecule has 0 heterocycles. The van der Waals surface area contributed by atoms with E-state index in [1.165, 1.54) is 32.9 Å². The molecule has 0 amide bonds. The first-order valence-electron chi connectivity index (χ1n) is 7.24. The van der Waals surface area contributed by atoms with Crippen LogP contribution in [0.5, 0.6) is 0 Å². The highest BCUT2D eigenvalue weighted by Crippen LogP contribution is 1.90. The molecule has 5 heteroatoms. The summed E-state index contributed by atoms with van der Waals surface area (Å²) in [5.41, 5.74) is 0.0648. The number of carbonyl (C=O) groups is 1. The number of nitrogens with zero attached hydrogens (tertiary/aromatic N) is 2. The van der Waals surface area contributed by atoms with Gasteiger partial charge in [0.15, 0.2) is 0 Å². The van der Waals surface area contributed by atoms with Crippen LogP contribution in [0.2, 0.25) is 0 Å². The van der Waals surface area contributed by atoms with E-state index in [1.807, 2.05) is 0 Å². The molecule has 0 atom stereocenters. The van der Waals surface area contributed by atoms with E-state index in [1.54, 1.807) is 0 Å². The predicted octanol–water partition coefficient (Wildman–Crippen LogP) is -1.48. The highest BCUT2D eigenvalue weighted by Gasteiger charge is 2.01. The number of carboxylic acids is 1. The molecule has 0 unspecified atom stereocenters.